The molecule has 1 N–H and O–H groups in total. The number of para-hydroxylation sites is 2. The number of carbonyl (C=O) groups excluding carboxylic acids is 1. The molecule has 0 bridgehead atoms. The highest BCUT2D eigenvalue weighted by atomic mass is 32.2. The van der Waals surface area contributed by atoms with Crippen LogP contribution in [-0.4, -0.2) is 21.9 Å². The fraction of sp³-hybridized carbons (Fsp3) is 0.211. The predicted octanol–water partition coefficient (Wildman–Crippen LogP) is 4.00. The molecule has 1 aromatic heterocycles. The molecule has 0 spiro atoms. The molecular weight excluding hydrogens is 350 g/mol. The van der Waals surface area contributed by atoms with Gasteiger partial charge in [-0.1, -0.05) is 48.2 Å². The number of aromatic nitrogens is 2. The van der Waals surface area contributed by atoms with Crippen LogP contribution in [0.25, 0.3) is 0 Å². The normalized spacial score (nSPS) is 10.5. The van der Waals surface area contributed by atoms with Gasteiger partial charge in [0.1, 0.15) is 5.75 Å². The summed E-state index contributed by atoms with van der Waals surface area (Å²) in [7, 11) is 0. The third-order valence-electron chi connectivity index (χ3n) is 3.64. The van der Waals surface area contributed by atoms with E-state index in [-0.39, 0.29) is 18.3 Å². The maximum absolute atomic E-state index is 12.0. The Balaban J connectivity index is 1.48. The first-order valence-electron chi connectivity index (χ1n) is 8.11. The molecule has 0 unspecified atom stereocenters. The Labute approximate surface area is 156 Å². The lowest BCUT2D eigenvalue weighted by Gasteiger charge is -2.06. The number of aryl methyl sites for hydroxylation is 2. The smallest absolute Gasteiger partial charge is 0.277 e. The Morgan fingerprint density at radius 3 is 2.58 bits per heavy atom. The van der Waals surface area contributed by atoms with Gasteiger partial charge in [0.15, 0.2) is 6.61 Å². The van der Waals surface area contributed by atoms with Gasteiger partial charge in [-0.05, 0) is 37.1 Å². The molecular formula is C19H19N3O3S. The van der Waals surface area contributed by atoms with Crippen molar-refractivity contribution in [1.82, 2.24) is 10.2 Å². The fourth-order valence-electron chi connectivity index (χ4n) is 2.24. The Kier molecular flexibility index (Phi) is 5.91. The van der Waals surface area contributed by atoms with Crippen molar-refractivity contribution in [2.45, 2.75) is 25.7 Å². The third-order valence-corrected chi connectivity index (χ3v) is 4.46. The molecule has 3 rings (SSSR count). The molecule has 0 aliphatic carbocycles. The van der Waals surface area contributed by atoms with Crippen LogP contribution < -0.4 is 10.1 Å². The largest absolute Gasteiger partial charge is 0.484 e. The van der Waals surface area contributed by atoms with Crippen LogP contribution in [0.4, 0.5) is 5.69 Å². The molecule has 134 valence electrons. The summed E-state index contributed by atoms with van der Waals surface area (Å²) in [6, 6.07) is 15.3. The Morgan fingerprint density at radius 2 is 1.81 bits per heavy atom. The number of amides is 1. The van der Waals surface area contributed by atoms with E-state index in [1.165, 1.54) is 11.8 Å². The summed E-state index contributed by atoms with van der Waals surface area (Å²) in [5.41, 5.74) is 2.85. The van der Waals surface area contributed by atoms with Crippen molar-refractivity contribution in [1.29, 1.82) is 0 Å². The van der Waals surface area contributed by atoms with Crippen molar-refractivity contribution in [2.24, 2.45) is 0 Å². The molecule has 0 fully saturated rings. The van der Waals surface area contributed by atoms with Gasteiger partial charge >= 0.3 is 0 Å². The van der Waals surface area contributed by atoms with Gasteiger partial charge in [0, 0.05) is 5.69 Å². The number of benzene rings is 2. The summed E-state index contributed by atoms with van der Waals surface area (Å²) in [4.78, 5) is 12.0. The second kappa shape index (κ2) is 8.53. The van der Waals surface area contributed by atoms with Crippen LogP contribution in [-0.2, 0) is 11.4 Å². The number of rotatable bonds is 7. The maximum Gasteiger partial charge on any atom is 0.277 e. The molecule has 0 atom stereocenters. The van der Waals surface area contributed by atoms with Crippen LogP contribution in [0.2, 0.25) is 0 Å². The predicted molar refractivity (Wildman–Crippen MR) is 100 cm³/mol. The van der Waals surface area contributed by atoms with Crippen LogP contribution in [0.3, 0.4) is 0 Å². The first-order chi connectivity index (χ1) is 12.6. The molecule has 26 heavy (non-hydrogen) atoms. The average molecular weight is 369 g/mol. The molecule has 0 saturated carbocycles. The summed E-state index contributed by atoms with van der Waals surface area (Å²) in [5.74, 6) is 1.21. The van der Waals surface area contributed by atoms with Crippen molar-refractivity contribution in [3.8, 4) is 5.75 Å². The minimum Gasteiger partial charge on any atom is -0.484 e. The number of ether oxygens (including phenoxy) is 1. The SMILES string of the molecule is Cc1ccccc1NC(=O)CSc1nnc(COc2ccccc2C)o1. The zero-order valence-corrected chi connectivity index (χ0v) is 15.4. The second-order valence-electron chi connectivity index (χ2n) is 5.67. The van der Waals surface area contributed by atoms with E-state index in [9.17, 15) is 4.79 Å². The van der Waals surface area contributed by atoms with Crippen molar-refractivity contribution < 1.29 is 13.9 Å². The van der Waals surface area contributed by atoms with E-state index in [1.54, 1.807) is 0 Å². The van der Waals surface area contributed by atoms with E-state index in [1.807, 2.05) is 62.4 Å². The van der Waals surface area contributed by atoms with E-state index in [0.29, 0.717) is 11.1 Å². The van der Waals surface area contributed by atoms with Crippen molar-refractivity contribution >= 4 is 23.4 Å². The number of nitrogens with one attached hydrogen (secondary N) is 1. The lowest BCUT2D eigenvalue weighted by Crippen LogP contribution is -2.14. The van der Waals surface area contributed by atoms with Crippen LogP contribution in [0.15, 0.2) is 58.2 Å². The van der Waals surface area contributed by atoms with Gasteiger partial charge in [0.05, 0.1) is 5.75 Å². The topological polar surface area (TPSA) is 77.2 Å². The third kappa shape index (κ3) is 4.86. The van der Waals surface area contributed by atoms with Crippen LogP contribution in [0.1, 0.15) is 17.0 Å². The molecule has 6 nitrogen and oxygen atoms in total. The van der Waals surface area contributed by atoms with Gasteiger partial charge < -0.3 is 14.5 Å². The standard InChI is InChI=1S/C19H19N3O3S/c1-13-7-3-5-9-15(13)20-17(23)12-26-19-22-21-18(25-19)11-24-16-10-6-4-8-14(16)2/h3-10H,11-12H2,1-2H3,(H,20,23). The number of hydrogen-bond donors (Lipinski definition) is 1. The summed E-state index contributed by atoms with van der Waals surface area (Å²) < 4.78 is 11.2. The quantitative estimate of drug-likeness (QED) is 0.635. The fourth-order valence-corrected chi connectivity index (χ4v) is 2.82. The number of thioether (sulfide) groups is 1. The first-order valence-corrected chi connectivity index (χ1v) is 9.09. The van der Waals surface area contributed by atoms with Crippen molar-refractivity contribution in [3.05, 3.63) is 65.5 Å². The number of anilines is 1. The number of hydrogen-bond acceptors (Lipinski definition) is 6. The second-order valence-corrected chi connectivity index (χ2v) is 6.59. The molecule has 0 aliphatic heterocycles. The van der Waals surface area contributed by atoms with E-state index in [2.05, 4.69) is 15.5 Å². The van der Waals surface area contributed by atoms with E-state index in [0.717, 1.165) is 22.6 Å². The minimum absolute atomic E-state index is 0.125. The summed E-state index contributed by atoms with van der Waals surface area (Å²) in [6.45, 7) is 4.10. The van der Waals surface area contributed by atoms with Gasteiger partial charge in [-0.2, -0.15) is 0 Å². The van der Waals surface area contributed by atoms with Gasteiger partial charge in [-0.25, -0.2) is 0 Å². The Hall–Kier alpha value is -2.80. The summed E-state index contributed by atoms with van der Waals surface area (Å²) in [6.07, 6.45) is 0. The Morgan fingerprint density at radius 1 is 1.08 bits per heavy atom. The lowest BCUT2D eigenvalue weighted by atomic mass is 10.2. The van der Waals surface area contributed by atoms with Gasteiger partial charge in [0.25, 0.3) is 11.1 Å². The average Bonchev–Trinajstić information content (AvgIpc) is 3.09. The van der Waals surface area contributed by atoms with Crippen molar-refractivity contribution in [2.75, 3.05) is 11.1 Å². The monoisotopic (exact) mass is 369 g/mol. The molecule has 0 aliphatic rings. The Bertz CT molecular complexity index is 895. The maximum atomic E-state index is 12.0. The molecule has 2 aromatic carbocycles. The molecule has 1 heterocycles. The zero-order chi connectivity index (χ0) is 18.4. The van der Waals surface area contributed by atoms with Crippen LogP contribution in [0, 0.1) is 13.8 Å². The van der Waals surface area contributed by atoms with E-state index >= 15 is 0 Å². The van der Waals surface area contributed by atoms with Crippen LogP contribution in [0.5, 0.6) is 5.75 Å². The molecule has 0 saturated heterocycles. The molecule has 3 aromatic rings. The summed E-state index contributed by atoms with van der Waals surface area (Å²) >= 11 is 1.19. The van der Waals surface area contributed by atoms with E-state index in [4.69, 9.17) is 9.15 Å². The molecule has 7 heteroatoms. The van der Waals surface area contributed by atoms with Gasteiger partial charge in [0.2, 0.25) is 5.91 Å². The molecule has 0 radical (unpaired) electrons. The minimum atomic E-state index is -0.125. The summed E-state index contributed by atoms with van der Waals surface area (Å²) in [5, 5.41) is 11.1. The lowest BCUT2D eigenvalue weighted by molar-refractivity contribution is -0.113. The first kappa shape index (κ1) is 18.0. The molecule has 1 amide bonds. The van der Waals surface area contributed by atoms with E-state index < -0.39 is 0 Å². The highest BCUT2D eigenvalue weighted by Gasteiger charge is 2.11. The number of nitrogens with zero attached hydrogens (tertiary/aromatic N) is 2. The highest BCUT2D eigenvalue weighted by molar-refractivity contribution is 7.99. The van der Waals surface area contributed by atoms with Crippen molar-refractivity contribution in [3.63, 3.8) is 0 Å². The van der Waals surface area contributed by atoms with Crippen LogP contribution >= 0.6 is 11.8 Å². The highest BCUT2D eigenvalue weighted by Crippen LogP contribution is 2.20. The van der Waals surface area contributed by atoms with Gasteiger partial charge in [-0.15, -0.1) is 10.2 Å². The van der Waals surface area contributed by atoms with Gasteiger partial charge in [-0.3, -0.25) is 4.79 Å². The number of carbonyl (C=O) groups is 1. The zero-order valence-electron chi connectivity index (χ0n) is 14.6.